The molecule has 1 saturated heterocycles. The number of nitrogens with zero attached hydrogens (tertiary/aromatic N) is 2. The summed E-state index contributed by atoms with van der Waals surface area (Å²) in [5.41, 5.74) is 3.22. The first kappa shape index (κ1) is 16.8. The highest BCUT2D eigenvalue weighted by Gasteiger charge is 2.33. The standard InChI is InChI=1S/C21H23N3O2/c1-22-20(25)15-7-4-8-16(12-15)21(26)24-14-18-9-5-11-23(18)13-17-6-2-3-10-19(17)24/h2-4,6-8,10,12,18H,5,9,11,13-14H2,1H3,(H,22,25). The molecule has 1 unspecified atom stereocenters. The maximum Gasteiger partial charge on any atom is 0.258 e. The van der Waals surface area contributed by atoms with E-state index in [2.05, 4.69) is 16.3 Å². The maximum absolute atomic E-state index is 13.3. The average Bonchev–Trinajstić information content (AvgIpc) is 3.06. The Morgan fingerprint density at radius 3 is 2.73 bits per heavy atom. The number of nitrogens with one attached hydrogen (secondary N) is 1. The number of benzene rings is 2. The van der Waals surface area contributed by atoms with E-state index < -0.39 is 0 Å². The number of amides is 2. The zero-order chi connectivity index (χ0) is 18.1. The lowest BCUT2D eigenvalue weighted by Gasteiger charge is -2.26. The molecule has 2 heterocycles. The molecule has 0 spiro atoms. The van der Waals surface area contributed by atoms with Crippen LogP contribution in [-0.2, 0) is 6.54 Å². The molecule has 1 atom stereocenters. The highest BCUT2D eigenvalue weighted by molar-refractivity contribution is 6.08. The second-order valence-corrected chi connectivity index (χ2v) is 6.97. The Morgan fingerprint density at radius 2 is 1.88 bits per heavy atom. The molecule has 0 radical (unpaired) electrons. The number of para-hydroxylation sites is 1. The molecule has 0 bridgehead atoms. The van der Waals surface area contributed by atoms with Crippen LogP contribution in [0.2, 0.25) is 0 Å². The molecule has 2 aliphatic rings. The fraction of sp³-hybridized carbons (Fsp3) is 0.333. The lowest BCUT2D eigenvalue weighted by Crippen LogP contribution is -2.40. The van der Waals surface area contributed by atoms with Gasteiger partial charge < -0.3 is 10.2 Å². The Hall–Kier alpha value is -2.66. The Kier molecular flexibility index (Phi) is 4.47. The van der Waals surface area contributed by atoms with Gasteiger partial charge in [0.05, 0.1) is 0 Å². The molecule has 2 aromatic carbocycles. The molecule has 2 aliphatic heterocycles. The molecule has 134 valence electrons. The van der Waals surface area contributed by atoms with Crippen molar-refractivity contribution in [1.29, 1.82) is 0 Å². The van der Waals surface area contributed by atoms with Gasteiger partial charge in [-0.1, -0.05) is 24.3 Å². The molecule has 26 heavy (non-hydrogen) atoms. The minimum absolute atomic E-state index is 0.0445. The normalized spacial score (nSPS) is 19.4. The lowest BCUT2D eigenvalue weighted by atomic mass is 10.1. The fourth-order valence-electron chi connectivity index (χ4n) is 4.03. The molecule has 1 N–H and O–H groups in total. The van der Waals surface area contributed by atoms with E-state index in [1.54, 1.807) is 31.3 Å². The topological polar surface area (TPSA) is 52.7 Å². The predicted molar refractivity (Wildman–Crippen MR) is 101 cm³/mol. The van der Waals surface area contributed by atoms with Crippen LogP contribution in [0.5, 0.6) is 0 Å². The van der Waals surface area contributed by atoms with E-state index in [0.717, 1.165) is 25.2 Å². The van der Waals surface area contributed by atoms with Crippen molar-refractivity contribution < 1.29 is 9.59 Å². The summed E-state index contributed by atoms with van der Waals surface area (Å²) in [6.07, 6.45) is 2.30. The van der Waals surface area contributed by atoms with E-state index in [1.165, 1.54) is 12.0 Å². The Balaban J connectivity index is 1.71. The van der Waals surface area contributed by atoms with Gasteiger partial charge in [0, 0.05) is 43.0 Å². The van der Waals surface area contributed by atoms with E-state index in [0.29, 0.717) is 23.7 Å². The van der Waals surface area contributed by atoms with E-state index in [-0.39, 0.29) is 11.8 Å². The second kappa shape index (κ2) is 6.92. The fourth-order valence-corrected chi connectivity index (χ4v) is 4.03. The second-order valence-electron chi connectivity index (χ2n) is 6.97. The monoisotopic (exact) mass is 349 g/mol. The summed E-state index contributed by atoms with van der Waals surface area (Å²) in [7, 11) is 1.59. The van der Waals surface area contributed by atoms with Crippen molar-refractivity contribution in [2.75, 3.05) is 25.0 Å². The minimum Gasteiger partial charge on any atom is -0.355 e. The summed E-state index contributed by atoms with van der Waals surface area (Å²) >= 11 is 0. The van der Waals surface area contributed by atoms with Gasteiger partial charge in [0.2, 0.25) is 0 Å². The first-order valence-corrected chi connectivity index (χ1v) is 9.13. The van der Waals surface area contributed by atoms with Crippen molar-refractivity contribution in [2.24, 2.45) is 0 Å². The SMILES string of the molecule is CNC(=O)c1cccc(C(=O)N2CC3CCCN3Cc3ccccc32)c1. The molecule has 0 saturated carbocycles. The number of carbonyl (C=O) groups is 2. The van der Waals surface area contributed by atoms with Gasteiger partial charge in [-0.2, -0.15) is 0 Å². The Morgan fingerprint density at radius 1 is 1.08 bits per heavy atom. The van der Waals surface area contributed by atoms with Crippen LogP contribution in [0.4, 0.5) is 5.69 Å². The van der Waals surface area contributed by atoms with E-state index in [4.69, 9.17) is 0 Å². The maximum atomic E-state index is 13.3. The van der Waals surface area contributed by atoms with Crippen molar-refractivity contribution in [2.45, 2.75) is 25.4 Å². The van der Waals surface area contributed by atoms with E-state index >= 15 is 0 Å². The Bertz CT molecular complexity index is 849. The van der Waals surface area contributed by atoms with Gasteiger partial charge in [-0.15, -0.1) is 0 Å². The molecule has 5 nitrogen and oxygen atoms in total. The largest absolute Gasteiger partial charge is 0.355 e. The smallest absolute Gasteiger partial charge is 0.258 e. The highest BCUT2D eigenvalue weighted by atomic mass is 16.2. The molecule has 0 aromatic heterocycles. The van der Waals surface area contributed by atoms with Gasteiger partial charge in [-0.25, -0.2) is 0 Å². The first-order valence-electron chi connectivity index (χ1n) is 9.13. The third-order valence-electron chi connectivity index (χ3n) is 5.39. The van der Waals surface area contributed by atoms with Gasteiger partial charge in [0.1, 0.15) is 0 Å². The summed E-state index contributed by atoms with van der Waals surface area (Å²) < 4.78 is 0. The molecule has 1 fully saturated rings. The molecule has 2 amide bonds. The van der Waals surface area contributed by atoms with Crippen LogP contribution >= 0.6 is 0 Å². The van der Waals surface area contributed by atoms with Crippen LogP contribution in [-0.4, -0.2) is 42.9 Å². The first-order chi connectivity index (χ1) is 12.7. The molecule has 2 aromatic rings. The van der Waals surface area contributed by atoms with Gasteiger partial charge >= 0.3 is 0 Å². The molecule has 5 heteroatoms. The Labute approximate surface area is 153 Å². The van der Waals surface area contributed by atoms with Crippen LogP contribution in [0.1, 0.15) is 39.1 Å². The number of hydrogen-bond acceptors (Lipinski definition) is 3. The van der Waals surface area contributed by atoms with E-state index in [9.17, 15) is 9.59 Å². The van der Waals surface area contributed by atoms with Crippen LogP contribution < -0.4 is 10.2 Å². The highest BCUT2D eigenvalue weighted by Crippen LogP contribution is 2.32. The van der Waals surface area contributed by atoms with Gasteiger partial charge in [0.15, 0.2) is 0 Å². The number of carbonyl (C=O) groups excluding carboxylic acids is 2. The van der Waals surface area contributed by atoms with Crippen LogP contribution in [0.25, 0.3) is 0 Å². The van der Waals surface area contributed by atoms with Crippen LogP contribution in [0.3, 0.4) is 0 Å². The summed E-state index contributed by atoms with van der Waals surface area (Å²) in [6, 6.07) is 15.5. The average molecular weight is 349 g/mol. The van der Waals surface area contributed by atoms with Crippen molar-refractivity contribution in [3.63, 3.8) is 0 Å². The minimum atomic E-state index is -0.183. The summed E-state index contributed by atoms with van der Waals surface area (Å²) in [5.74, 6) is -0.227. The number of hydrogen-bond donors (Lipinski definition) is 1. The molecule has 0 aliphatic carbocycles. The molecular weight excluding hydrogens is 326 g/mol. The van der Waals surface area contributed by atoms with Crippen molar-refractivity contribution >= 4 is 17.5 Å². The number of rotatable bonds is 2. The van der Waals surface area contributed by atoms with Crippen molar-refractivity contribution in [3.05, 3.63) is 65.2 Å². The third-order valence-corrected chi connectivity index (χ3v) is 5.39. The summed E-state index contributed by atoms with van der Waals surface area (Å²) in [4.78, 5) is 29.6. The third kappa shape index (κ3) is 2.99. The predicted octanol–water partition coefficient (Wildman–Crippen LogP) is 2.67. The van der Waals surface area contributed by atoms with Crippen molar-refractivity contribution in [1.82, 2.24) is 10.2 Å². The number of anilines is 1. The van der Waals surface area contributed by atoms with Crippen LogP contribution in [0.15, 0.2) is 48.5 Å². The molecule has 4 rings (SSSR count). The van der Waals surface area contributed by atoms with Gasteiger partial charge in [0.25, 0.3) is 11.8 Å². The van der Waals surface area contributed by atoms with E-state index in [1.807, 2.05) is 23.1 Å². The van der Waals surface area contributed by atoms with Crippen molar-refractivity contribution in [3.8, 4) is 0 Å². The lowest BCUT2D eigenvalue weighted by molar-refractivity contribution is 0.0963. The zero-order valence-electron chi connectivity index (χ0n) is 14.9. The summed E-state index contributed by atoms with van der Waals surface area (Å²) in [6.45, 7) is 2.68. The quantitative estimate of drug-likeness (QED) is 0.907. The summed E-state index contributed by atoms with van der Waals surface area (Å²) in [5, 5.41) is 2.61. The zero-order valence-corrected chi connectivity index (χ0v) is 14.9. The van der Waals surface area contributed by atoms with Crippen LogP contribution in [0, 0.1) is 0 Å². The van der Waals surface area contributed by atoms with Gasteiger partial charge in [-0.05, 0) is 49.2 Å². The molecular formula is C21H23N3O2. The van der Waals surface area contributed by atoms with Gasteiger partial charge in [-0.3, -0.25) is 14.5 Å². The number of fused-ring (bicyclic) bond motifs is 2.